The number of aryl methyl sites for hydroxylation is 2. The third-order valence-electron chi connectivity index (χ3n) is 3.70. The Balaban J connectivity index is 1.65. The zero-order chi connectivity index (χ0) is 17.8. The van der Waals surface area contributed by atoms with Crippen LogP contribution in [-0.4, -0.2) is 21.2 Å². The number of benzene rings is 2. The number of hydrogen-bond acceptors (Lipinski definition) is 3. The average Bonchev–Trinajstić information content (AvgIpc) is 3.05. The lowest BCUT2D eigenvalue weighted by molar-refractivity contribution is -0.113. The van der Waals surface area contributed by atoms with Gasteiger partial charge in [-0.2, -0.15) is 0 Å². The molecule has 0 aliphatic rings. The number of halogens is 1. The van der Waals surface area contributed by atoms with E-state index in [9.17, 15) is 4.79 Å². The number of nitrogens with zero attached hydrogens (tertiary/aromatic N) is 2. The summed E-state index contributed by atoms with van der Waals surface area (Å²) in [5.74, 6) is 0.236. The van der Waals surface area contributed by atoms with Crippen molar-refractivity contribution in [3.05, 3.63) is 71.0 Å². The molecule has 3 rings (SSSR count). The summed E-state index contributed by atoms with van der Waals surface area (Å²) in [4.78, 5) is 16.6. The molecule has 0 aliphatic heterocycles. The summed E-state index contributed by atoms with van der Waals surface area (Å²) >= 11 is 7.33. The van der Waals surface area contributed by atoms with Crippen LogP contribution in [0.5, 0.6) is 0 Å². The van der Waals surface area contributed by atoms with Gasteiger partial charge in [-0.1, -0.05) is 41.1 Å². The van der Waals surface area contributed by atoms with E-state index in [1.54, 1.807) is 6.20 Å². The maximum atomic E-state index is 12.3. The second-order valence-corrected chi connectivity index (χ2v) is 7.09. The normalized spacial score (nSPS) is 10.7. The Bertz CT molecular complexity index is 890. The van der Waals surface area contributed by atoms with Crippen LogP contribution in [0, 0.1) is 13.8 Å². The zero-order valence-corrected chi connectivity index (χ0v) is 15.6. The van der Waals surface area contributed by atoms with Crippen LogP contribution in [0.2, 0.25) is 5.02 Å². The maximum absolute atomic E-state index is 12.3. The highest BCUT2D eigenvalue weighted by atomic mass is 35.5. The molecule has 0 radical (unpaired) electrons. The van der Waals surface area contributed by atoms with Crippen molar-refractivity contribution in [2.75, 3.05) is 11.1 Å². The third-order valence-corrected chi connectivity index (χ3v) is 4.92. The van der Waals surface area contributed by atoms with E-state index in [1.807, 2.05) is 61.0 Å². The summed E-state index contributed by atoms with van der Waals surface area (Å²) in [5, 5.41) is 4.40. The van der Waals surface area contributed by atoms with Crippen molar-refractivity contribution in [1.29, 1.82) is 0 Å². The summed E-state index contributed by atoms with van der Waals surface area (Å²) in [7, 11) is 0. The number of aromatic nitrogens is 2. The SMILES string of the molecule is Cc1ccc(NC(=O)CSc2nccn2-c2ccc(Cl)cc2)c(C)c1. The van der Waals surface area contributed by atoms with Gasteiger partial charge in [-0.25, -0.2) is 4.98 Å². The van der Waals surface area contributed by atoms with Crippen LogP contribution < -0.4 is 5.32 Å². The van der Waals surface area contributed by atoms with E-state index in [-0.39, 0.29) is 11.7 Å². The molecule has 0 saturated carbocycles. The number of carbonyl (C=O) groups is 1. The van der Waals surface area contributed by atoms with Gasteiger partial charge in [0.25, 0.3) is 0 Å². The van der Waals surface area contributed by atoms with Crippen LogP contribution in [0.15, 0.2) is 60.0 Å². The fourth-order valence-electron chi connectivity index (χ4n) is 2.46. The Morgan fingerprint density at radius 3 is 2.68 bits per heavy atom. The molecule has 1 heterocycles. The lowest BCUT2D eigenvalue weighted by Crippen LogP contribution is -2.15. The van der Waals surface area contributed by atoms with Crippen LogP contribution in [0.1, 0.15) is 11.1 Å². The van der Waals surface area contributed by atoms with Gasteiger partial charge in [0.15, 0.2) is 5.16 Å². The predicted octanol–water partition coefficient (Wildman–Crippen LogP) is 4.87. The standard InChI is InChI=1S/C19H18ClN3OS/c1-13-3-8-17(14(2)11-13)22-18(24)12-25-19-21-9-10-23(19)16-6-4-15(20)5-7-16/h3-11H,12H2,1-2H3,(H,22,24). The number of carbonyl (C=O) groups excluding carboxylic acids is 1. The third kappa shape index (κ3) is 4.44. The smallest absolute Gasteiger partial charge is 0.234 e. The molecule has 4 nitrogen and oxygen atoms in total. The Kier molecular flexibility index (Phi) is 5.46. The number of amides is 1. The van der Waals surface area contributed by atoms with Gasteiger partial charge >= 0.3 is 0 Å². The molecule has 0 fully saturated rings. The van der Waals surface area contributed by atoms with Crippen LogP contribution in [-0.2, 0) is 4.79 Å². The highest BCUT2D eigenvalue weighted by Gasteiger charge is 2.10. The van der Waals surface area contributed by atoms with E-state index >= 15 is 0 Å². The van der Waals surface area contributed by atoms with Crippen molar-refractivity contribution < 1.29 is 4.79 Å². The minimum Gasteiger partial charge on any atom is -0.325 e. The lowest BCUT2D eigenvalue weighted by atomic mass is 10.1. The second-order valence-electron chi connectivity index (χ2n) is 5.71. The maximum Gasteiger partial charge on any atom is 0.234 e. The van der Waals surface area contributed by atoms with Gasteiger partial charge in [0.2, 0.25) is 5.91 Å². The summed E-state index contributed by atoms with van der Waals surface area (Å²) in [6.07, 6.45) is 3.59. The van der Waals surface area contributed by atoms with Gasteiger partial charge in [-0.05, 0) is 49.7 Å². The predicted molar refractivity (Wildman–Crippen MR) is 104 cm³/mol. The number of imidazole rings is 1. The van der Waals surface area contributed by atoms with Crippen molar-refractivity contribution in [1.82, 2.24) is 9.55 Å². The number of hydrogen-bond donors (Lipinski definition) is 1. The largest absolute Gasteiger partial charge is 0.325 e. The first kappa shape index (κ1) is 17.6. The van der Waals surface area contributed by atoms with Crippen molar-refractivity contribution >= 4 is 35.0 Å². The van der Waals surface area contributed by atoms with E-state index in [4.69, 9.17) is 11.6 Å². The molecule has 1 amide bonds. The summed E-state index contributed by atoms with van der Waals surface area (Å²) in [6.45, 7) is 4.02. The van der Waals surface area contributed by atoms with Gasteiger partial charge in [-0.15, -0.1) is 0 Å². The fourth-order valence-corrected chi connectivity index (χ4v) is 3.36. The molecule has 6 heteroatoms. The zero-order valence-electron chi connectivity index (χ0n) is 14.0. The van der Waals surface area contributed by atoms with Crippen LogP contribution in [0.4, 0.5) is 5.69 Å². The van der Waals surface area contributed by atoms with Gasteiger partial charge in [0.05, 0.1) is 5.75 Å². The van der Waals surface area contributed by atoms with Gasteiger partial charge < -0.3 is 5.32 Å². The molecule has 1 aromatic heterocycles. The van der Waals surface area contributed by atoms with E-state index < -0.39 is 0 Å². The van der Waals surface area contributed by atoms with Gasteiger partial charge in [0, 0.05) is 28.8 Å². The van der Waals surface area contributed by atoms with Crippen LogP contribution in [0.25, 0.3) is 5.69 Å². The van der Waals surface area contributed by atoms with E-state index in [0.717, 1.165) is 22.1 Å². The molecule has 0 bridgehead atoms. The number of nitrogens with one attached hydrogen (secondary N) is 1. The highest BCUT2D eigenvalue weighted by Crippen LogP contribution is 2.22. The van der Waals surface area contributed by atoms with Gasteiger partial charge in [-0.3, -0.25) is 9.36 Å². The van der Waals surface area contributed by atoms with Crippen molar-refractivity contribution in [3.63, 3.8) is 0 Å². The summed E-state index contributed by atoms with van der Waals surface area (Å²) in [5.41, 5.74) is 4.03. The molecule has 0 saturated heterocycles. The monoisotopic (exact) mass is 371 g/mol. The molecule has 2 aromatic carbocycles. The van der Waals surface area contributed by atoms with Gasteiger partial charge in [0.1, 0.15) is 0 Å². The first-order valence-electron chi connectivity index (χ1n) is 7.82. The van der Waals surface area contributed by atoms with Crippen molar-refractivity contribution in [2.45, 2.75) is 19.0 Å². The minimum atomic E-state index is -0.0531. The van der Waals surface area contributed by atoms with E-state index in [1.165, 1.54) is 17.3 Å². The molecule has 128 valence electrons. The molecule has 0 spiro atoms. The van der Waals surface area contributed by atoms with E-state index in [0.29, 0.717) is 5.02 Å². The Morgan fingerprint density at radius 2 is 1.96 bits per heavy atom. The topological polar surface area (TPSA) is 46.9 Å². The minimum absolute atomic E-state index is 0.0531. The average molecular weight is 372 g/mol. The van der Waals surface area contributed by atoms with Crippen molar-refractivity contribution in [3.8, 4) is 5.69 Å². The number of rotatable bonds is 5. The second kappa shape index (κ2) is 7.76. The molecular formula is C19H18ClN3OS. The first-order chi connectivity index (χ1) is 12.0. The molecular weight excluding hydrogens is 354 g/mol. The lowest BCUT2D eigenvalue weighted by Gasteiger charge is -2.10. The van der Waals surface area contributed by atoms with Crippen LogP contribution >= 0.6 is 23.4 Å². The number of anilines is 1. The molecule has 25 heavy (non-hydrogen) atoms. The molecule has 0 unspecified atom stereocenters. The summed E-state index contributed by atoms with van der Waals surface area (Å²) < 4.78 is 1.94. The summed E-state index contributed by atoms with van der Waals surface area (Å²) in [6, 6.07) is 13.5. The highest BCUT2D eigenvalue weighted by molar-refractivity contribution is 7.99. The molecule has 0 aliphatic carbocycles. The Hall–Kier alpha value is -2.24. The molecule has 3 aromatic rings. The Labute approximate surface area is 156 Å². The molecule has 1 N–H and O–H groups in total. The molecule has 0 atom stereocenters. The number of thioether (sulfide) groups is 1. The first-order valence-corrected chi connectivity index (χ1v) is 9.18. The van der Waals surface area contributed by atoms with Crippen molar-refractivity contribution in [2.24, 2.45) is 0 Å². The quantitative estimate of drug-likeness (QED) is 0.650. The van der Waals surface area contributed by atoms with Crippen LogP contribution in [0.3, 0.4) is 0 Å². The fraction of sp³-hybridized carbons (Fsp3) is 0.158. The van der Waals surface area contributed by atoms with E-state index in [2.05, 4.69) is 16.4 Å². The Morgan fingerprint density at radius 1 is 1.20 bits per heavy atom.